The van der Waals surface area contributed by atoms with Crippen molar-refractivity contribution < 1.29 is 36.2 Å². The number of nitrogens with one attached hydrogen (secondary N) is 1. The fourth-order valence-corrected chi connectivity index (χ4v) is 1.98. The summed E-state index contributed by atoms with van der Waals surface area (Å²) in [4.78, 5) is 10.7. The van der Waals surface area contributed by atoms with Gasteiger partial charge in [0.15, 0.2) is 6.10 Å². The van der Waals surface area contributed by atoms with Crippen molar-refractivity contribution in [3.05, 3.63) is 0 Å². The zero-order chi connectivity index (χ0) is 14.4. The van der Waals surface area contributed by atoms with E-state index in [1.165, 1.54) is 0 Å². The lowest BCUT2D eigenvalue weighted by atomic mass is 10.3. The summed E-state index contributed by atoms with van der Waals surface area (Å²) in [5.74, 6) is -1.13. The third-order valence-corrected chi connectivity index (χ3v) is 3.33. The van der Waals surface area contributed by atoms with Crippen molar-refractivity contribution in [3.63, 3.8) is 0 Å². The number of hydrogen-bond donors (Lipinski definition) is 2. The first-order chi connectivity index (χ1) is 8.08. The highest BCUT2D eigenvalue weighted by molar-refractivity contribution is 7.89. The van der Waals surface area contributed by atoms with Crippen molar-refractivity contribution >= 4 is 16.0 Å². The zero-order valence-electron chi connectivity index (χ0n) is 9.53. The number of hydrogen-bond acceptors (Lipinski definition) is 5. The largest absolute Gasteiger partial charge is 0.469 e. The van der Waals surface area contributed by atoms with Crippen LogP contribution in [0.25, 0.3) is 0 Å². The van der Waals surface area contributed by atoms with Gasteiger partial charge in [0.05, 0.1) is 12.9 Å². The van der Waals surface area contributed by atoms with Crippen LogP contribution >= 0.6 is 0 Å². The summed E-state index contributed by atoms with van der Waals surface area (Å²) in [5.41, 5.74) is 0. The van der Waals surface area contributed by atoms with Gasteiger partial charge in [-0.1, -0.05) is 0 Å². The molecule has 0 bridgehead atoms. The SMILES string of the molecule is COC(=O)CCCS(=O)(=O)NCC(O)C(F)(F)F. The second kappa shape index (κ2) is 6.90. The minimum atomic E-state index is -4.88. The smallest absolute Gasteiger partial charge is 0.415 e. The normalized spacial score (nSPS) is 14.3. The molecule has 0 saturated heterocycles. The Hall–Kier alpha value is -0.870. The summed E-state index contributed by atoms with van der Waals surface area (Å²) in [5, 5.41) is 8.57. The van der Waals surface area contributed by atoms with E-state index in [2.05, 4.69) is 4.74 Å². The predicted molar refractivity (Wildman–Crippen MR) is 55.1 cm³/mol. The molecule has 0 spiro atoms. The molecule has 0 aromatic heterocycles. The first-order valence-electron chi connectivity index (χ1n) is 4.87. The number of sulfonamides is 1. The van der Waals surface area contributed by atoms with E-state index in [0.717, 1.165) is 7.11 Å². The third-order valence-electron chi connectivity index (χ3n) is 1.90. The molecule has 0 amide bonds. The molecule has 10 heteroatoms. The van der Waals surface area contributed by atoms with Crippen LogP contribution in [-0.2, 0) is 19.6 Å². The molecular weight excluding hydrogens is 279 g/mol. The van der Waals surface area contributed by atoms with Gasteiger partial charge in [-0.25, -0.2) is 13.1 Å². The number of esters is 1. The van der Waals surface area contributed by atoms with Crippen molar-refractivity contribution in [1.82, 2.24) is 4.72 Å². The van der Waals surface area contributed by atoms with E-state index in [4.69, 9.17) is 5.11 Å². The highest BCUT2D eigenvalue weighted by atomic mass is 32.2. The van der Waals surface area contributed by atoms with Gasteiger partial charge in [-0.15, -0.1) is 0 Å². The maximum Gasteiger partial charge on any atom is 0.415 e. The van der Waals surface area contributed by atoms with Gasteiger partial charge in [0.25, 0.3) is 0 Å². The summed E-state index contributed by atoms with van der Waals surface area (Å²) in [7, 11) is -2.82. The van der Waals surface area contributed by atoms with Crippen molar-refractivity contribution in [3.8, 4) is 0 Å². The predicted octanol–water partition coefficient (Wildman–Crippen LogP) is -0.218. The number of ether oxygens (including phenoxy) is 1. The van der Waals surface area contributed by atoms with Gasteiger partial charge in [0, 0.05) is 13.0 Å². The quantitative estimate of drug-likeness (QED) is 0.633. The fraction of sp³-hybridized carbons (Fsp3) is 0.875. The molecule has 0 aromatic carbocycles. The molecular formula is C8H14F3NO5S. The van der Waals surface area contributed by atoms with E-state index in [0.29, 0.717) is 0 Å². The van der Waals surface area contributed by atoms with Gasteiger partial charge >= 0.3 is 12.1 Å². The van der Waals surface area contributed by atoms with Gasteiger partial charge < -0.3 is 9.84 Å². The van der Waals surface area contributed by atoms with Gasteiger partial charge in [-0.3, -0.25) is 4.79 Å². The summed E-state index contributed by atoms with van der Waals surface area (Å²) in [6.45, 7) is -1.15. The Bertz CT molecular complexity index is 367. The molecule has 0 aliphatic carbocycles. The maximum atomic E-state index is 11.9. The standard InChI is InChI=1S/C8H14F3NO5S/c1-17-7(14)3-2-4-18(15,16)12-5-6(13)8(9,10)11/h6,12-13H,2-5H2,1H3. The van der Waals surface area contributed by atoms with Crippen molar-refractivity contribution in [2.45, 2.75) is 25.1 Å². The van der Waals surface area contributed by atoms with Crippen LogP contribution < -0.4 is 4.72 Å². The minimum Gasteiger partial charge on any atom is -0.469 e. The van der Waals surface area contributed by atoms with Gasteiger partial charge in [-0.2, -0.15) is 13.2 Å². The monoisotopic (exact) mass is 293 g/mol. The fourth-order valence-electron chi connectivity index (χ4n) is 0.902. The number of alkyl halides is 3. The molecule has 0 heterocycles. The van der Waals surface area contributed by atoms with Crippen LogP contribution in [0.2, 0.25) is 0 Å². The van der Waals surface area contributed by atoms with E-state index in [1.807, 2.05) is 0 Å². The molecule has 1 atom stereocenters. The second-order valence-electron chi connectivity index (χ2n) is 3.40. The molecule has 0 aliphatic rings. The van der Waals surface area contributed by atoms with Gasteiger partial charge in [0.2, 0.25) is 10.0 Å². The Kier molecular flexibility index (Phi) is 6.57. The molecule has 0 rings (SSSR count). The van der Waals surface area contributed by atoms with Crippen molar-refractivity contribution in [2.24, 2.45) is 0 Å². The highest BCUT2D eigenvalue weighted by Gasteiger charge is 2.38. The van der Waals surface area contributed by atoms with Crippen LogP contribution in [0.4, 0.5) is 13.2 Å². The van der Waals surface area contributed by atoms with Crippen LogP contribution in [0, 0.1) is 0 Å². The highest BCUT2D eigenvalue weighted by Crippen LogP contribution is 2.19. The molecule has 1 unspecified atom stereocenters. The van der Waals surface area contributed by atoms with Crippen molar-refractivity contribution in [2.75, 3.05) is 19.4 Å². The van der Waals surface area contributed by atoms with Gasteiger partial charge in [-0.05, 0) is 6.42 Å². The molecule has 6 nitrogen and oxygen atoms in total. The molecule has 0 radical (unpaired) electrons. The number of halogens is 3. The average molecular weight is 293 g/mol. The molecule has 0 saturated carbocycles. The number of aliphatic hydroxyl groups is 1. The molecule has 2 N–H and O–H groups in total. The number of carbonyl (C=O) groups excluding carboxylic acids is 1. The van der Waals surface area contributed by atoms with E-state index in [-0.39, 0.29) is 12.8 Å². The van der Waals surface area contributed by atoms with Crippen LogP contribution in [0.15, 0.2) is 0 Å². The van der Waals surface area contributed by atoms with Crippen LogP contribution in [0.1, 0.15) is 12.8 Å². The third kappa shape index (κ3) is 7.45. The van der Waals surface area contributed by atoms with E-state index < -0.39 is 40.6 Å². The summed E-state index contributed by atoms with van der Waals surface area (Å²) in [6.07, 6.45) is -7.87. The first-order valence-corrected chi connectivity index (χ1v) is 6.52. The molecule has 0 aromatic rings. The van der Waals surface area contributed by atoms with Gasteiger partial charge in [0.1, 0.15) is 0 Å². The number of rotatable bonds is 7. The lowest BCUT2D eigenvalue weighted by molar-refractivity contribution is -0.200. The first kappa shape index (κ1) is 17.1. The Balaban J connectivity index is 4.06. The van der Waals surface area contributed by atoms with Crippen LogP contribution in [0.3, 0.4) is 0 Å². The minimum absolute atomic E-state index is 0.0792. The van der Waals surface area contributed by atoms with Crippen LogP contribution in [0.5, 0.6) is 0 Å². The molecule has 0 aliphatic heterocycles. The van der Waals surface area contributed by atoms with E-state index >= 15 is 0 Å². The Morgan fingerprint density at radius 1 is 1.44 bits per heavy atom. The lowest BCUT2D eigenvalue weighted by Crippen LogP contribution is -2.41. The summed E-state index contributed by atoms with van der Waals surface area (Å²) >= 11 is 0. The maximum absolute atomic E-state index is 11.9. The lowest BCUT2D eigenvalue weighted by Gasteiger charge is -2.15. The van der Waals surface area contributed by atoms with E-state index in [1.54, 1.807) is 4.72 Å². The topological polar surface area (TPSA) is 92.7 Å². The molecule has 18 heavy (non-hydrogen) atoms. The average Bonchev–Trinajstić information content (AvgIpc) is 2.24. The zero-order valence-corrected chi connectivity index (χ0v) is 10.3. The Morgan fingerprint density at radius 3 is 2.44 bits per heavy atom. The van der Waals surface area contributed by atoms with E-state index in [9.17, 15) is 26.4 Å². The Labute approximate surface area is 102 Å². The van der Waals surface area contributed by atoms with Crippen LogP contribution in [-0.4, -0.2) is 51.2 Å². The Morgan fingerprint density at radius 2 is 2.00 bits per heavy atom. The van der Waals surface area contributed by atoms with Crippen molar-refractivity contribution in [1.29, 1.82) is 0 Å². The molecule has 0 fully saturated rings. The summed E-state index contributed by atoms with van der Waals surface area (Å²) in [6, 6.07) is 0. The molecule has 108 valence electrons. The number of aliphatic hydroxyl groups excluding tert-OH is 1. The second-order valence-corrected chi connectivity index (χ2v) is 5.33. The summed E-state index contributed by atoms with van der Waals surface area (Å²) < 4.78 is 63.9. The number of carbonyl (C=O) groups is 1. The number of methoxy groups -OCH3 is 1.